The SMILES string of the molecule is CC(O)(CNCCOC1CCCC1)c1ccccc1. The van der Waals surface area contributed by atoms with Gasteiger partial charge in [0.1, 0.15) is 0 Å². The number of rotatable bonds is 7. The second-order valence-electron chi connectivity index (χ2n) is 5.59. The molecule has 0 bridgehead atoms. The molecule has 106 valence electrons. The zero-order valence-corrected chi connectivity index (χ0v) is 11.8. The number of ether oxygens (including phenoxy) is 1. The van der Waals surface area contributed by atoms with E-state index in [-0.39, 0.29) is 0 Å². The molecule has 1 saturated carbocycles. The van der Waals surface area contributed by atoms with Gasteiger partial charge in [-0.3, -0.25) is 0 Å². The Morgan fingerprint density at radius 1 is 1.26 bits per heavy atom. The van der Waals surface area contributed by atoms with Crippen molar-refractivity contribution in [2.45, 2.75) is 44.3 Å². The summed E-state index contributed by atoms with van der Waals surface area (Å²) in [4.78, 5) is 0. The minimum Gasteiger partial charge on any atom is -0.384 e. The number of hydrogen-bond acceptors (Lipinski definition) is 3. The Morgan fingerprint density at radius 2 is 1.95 bits per heavy atom. The van der Waals surface area contributed by atoms with E-state index in [1.165, 1.54) is 25.7 Å². The molecule has 0 saturated heterocycles. The van der Waals surface area contributed by atoms with Gasteiger partial charge < -0.3 is 15.2 Å². The summed E-state index contributed by atoms with van der Waals surface area (Å²) in [5.74, 6) is 0. The van der Waals surface area contributed by atoms with Crippen LogP contribution in [0.15, 0.2) is 30.3 Å². The van der Waals surface area contributed by atoms with Gasteiger partial charge in [-0.1, -0.05) is 43.2 Å². The Hall–Kier alpha value is -0.900. The lowest BCUT2D eigenvalue weighted by atomic mass is 9.96. The summed E-state index contributed by atoms with van der Waals surface area (Å²) in [6.07, 6.45) is 5.50. The normalized spacial score (nSPS) is 19.5. The van der Waals surface area contributed by atoms with Crippen LogP contribution in [0.1, 0.15) is 38.2 Å². The van der Waals surface area contributed by atoms with Crippen molar-refractivity contribution in [3.63, 3.8) is 0 Å². The summed E-state index contributed by atoms with van der Waals surface area (Å²) in [6, 6.07) is 9.77. The van der Waals surface area contributed by atoms with Crippen molar-refractivity contribution in [1.29, 1.82) is 0 Å². The molecular weight excluding hydrogens is 238 g/mol. The van der Waals surface area contributed by atoms with Crippen molar-refractivity contribution in [3.05, 3.63) is 35.9 Å². The van der Waals surface area contributed by atoms with Crippen LogP contribution in [0, 0.1) is 0 Å². The molecule has 0 radical (unpaired) electrons. The topological polar surface area (TPSA) is 41.5 Å². The summed E-state index contributed by atoms with van der Waals surface area (Å²) in [7, 11) is 0. The zero-order chi connectivity index (χ0) is 13.6. The van der Waals surface area contributed by atoms with E-state index < -0.39 is 5.60 Å². The van der Waals surface area contributed by atoms with Gasteiger partial charge in [-0.15, -0.1) is 0 Å². The first-order valence-electron chi connectivity index (χ1n) is 7.29. The fourth-order valence-corrected chi connectivity index (χ4v) is 2.58. The first kappa shape index (κ1) is 14.5. The van der Waals surface area contributed by atoms with Crippen LogP contribution in [0.25, 0.3) is 0 Å². The van der Waals surface area contributed by atoms with Crippen LogP contribution in [0.2, 0.25) is 0 Å². The van der Waals surface area contributed by atoms with Gasteiger partial charge in [0, 0.05) is 13.1 Å². The van der Waals surface area contributed by atoms with Crippen LogP contribution < -0.4 is 5.32 Å². The Balaban J connectivity index is 1.64. The molecule has 1 fully saturated rings. The summed E-state index contributed by atoms with van der Waals surface area (Å²) >= 11 is 0. The van der Waals surface area contributed by atoms with Gasteiger partial charge in [0.15, 0.2) is 0 Å². The first-order chi connectivity index (χ1) is 9.18. The molecule has 0 aromatic heterocycles. The third-order valence-corrected chi connectivity index (χ3v) is 3.80. The molecule has 0 aliphatic heterocycles. The Labute approximate surface area is 116 Å². The fraction of sp³-hybridized carbons (Fsp3) is 0.625. The lowest BCUT2D eigenvalue weighted by Crippen LogP contribution is -2.37. The highest BCUT2D eigenvalue weighted by molar-refractivity contribution is 5.21. The van der Waals surface area contributed by atoms with Crippen molar-refractivity contribution in [2.24, 2.45) is 0 Å². The van der Waals surface area contributed by atoms with Gasteiger partial charge in [-0.2, -0.15) is 0 Å². The Morgan fingerprint density at radius 3 is 2.63 bits per heavy atom. The average molecular weight is 263 g/mol. The lowest BCUT2D eigenvalue weighted by Gasteiger charge is -2.24. The molecule has 1 aromatic carbocycles. The number of hydrogen-bond donors (Lipinski definition) is 2. The maximum atomic E-state index is 10.4. The quantitative estimate of drug-likeness (QED) is 0.742. The molecular formula is C16H25NO2. The van der Waals surface area contributed by atoms with Crippen molar-refractivity contribution < 1.29 is 9.84 Å². The highest BCUT2D eigenvalue weighted by atomic mass is 16.5. The van der Waals surface area contributed by atoms with Crippen molar-refractivity contribution in [1.82, 2.24) is 5.32 Å². The first-order valence-corrected chi connectivity index (χ1v) is 7.29. The molecule has 3 nitrogen and oxygen atoms in total. The summed E-state index contributed by atoms with van der Waals surface area (Å²) < 4.78 is 5.78. The van der Waals surface area contributed by atoms with Gasteiger partial charge in [0.2, 0.25) is 0 Å². The van der Waals surface area contributed by atoms with Gasteiger partial charge in [0.05, 0.1) is 18.3 Å². The summed E-state index contributed by atoms with van der Waals surface area (Å²) in [5.41, 5.74) is 0.119. The summed E-state index contributed by atoms with van der Waals surface area (Å²) in [5, 5.41) is 13.7. The molecule has 19 heavy (non-hydrogen) atoms. The lowest BCUT2D eigenvalue weighted by molar-refractivity contribution is 0.0415. The minimum absolute atomic E-state index is 0.469. The van der Waals surface area contributed by atoms with Crippen LogP contribution in [0.3, 0.4) is 0 Å². The molecule has 2 rings (SSSR count). The van der Waals surface area contributed by atoms with Crippen LogP contribution in [-0.2, 0) is 10.3 Å². The standard InChI is InChI=1S/C16H25NO2/c1-16(18,14-7-3-2-4-8-14)13-17-11-12-19-15-9-5-6-10-15/h2-4,7-8,15,17-18H,5-6,9-13H2,1H3. The van der Waals surface area contributed by atoms with E-state index in [2.05, 4.69) is 5.32 Å². The van der Waals surface area contributed by atoms with E-state index >= 15 is 0 Å². The van der Waals surface area contributed by atoms with E-state index in [0.29, 0.717) is 12.6 Å². The van der Waals surface area contributed by atoms with Crippen molar-refractivity contribution in [3.8, 4) is 0 Å². The third kappa shape index (κ3) is 4.60. The van der Waals surface area contributed by atoms with Crippen molar-refractivity contribution in [2.75, 3.05) is 19.7 Å². The van der Waals surface area contributed by atoms with E-state index in [1.807, 2.05) is 37.3 Å². The van der Waals surface area contributed by atoms with Crippen molar-refractivity contribution >= 4 is 0 Å². The second-order valence-corrected chi connectivity index (χ2v) is 5.59. The maximum absolute atomic E-state index is 10.4. The number of nitrogens with one attached hydrogen (secondary N) is 1. The molecule has 3 heteroatoms. The highest BCUT2D eigenvalue weighted by Gasteiger charge is 2.22. The molecule has 2 N–H and O–H groups in total. The van der Waals surface area contributed by atoms with Gasteiger partial charge in [-0.25, -0.2) is 0 Å². The molecule has 1 aliphatic rings. The average Bonchev–Trinajstić information content (AvgIpc) is 2.92. The minimum atomic E-state index is -0.825. The maximum Gasteiger partial charge on any atom is 0.0992 e. The predicted molar refractivity (Wildman–Crippen MR) is 77.1 cm³/mol. The third-order valence-electron chi connectivity index (χ3n) is 3.80. The van der Waals surface area contributed by atoms with Crippen LogP contribution in [-0.4, -0.2) is 30.9 Å². The van der Waals surface area contributed by atoms with E-state index in [1.54, 1.807) is 0 Å². The molecule has 1 atom stereocenters. The van der Waals surface area contributed by atoms with E-state index in [4.69, 9.17) is 4.74 Å². The van der Waals surface area contributed by atoms with Gasteiger partial charge in [-0.05, 0) is 25.3 Å². The predicted octanol–water partition coefficient (Wildman–Crippen LogP) is 2.44. The molecule has 0 amide bonds. The zero-order valence-electron chi connectivity index (χ0n) is 11.8. The smallest absolute Gasteiger partial charge is 0.0992 e. The number of aliphatic hydroxyl groups is 1. The Bertz CT molecular complexity index is 358. The van der Waals surface area contributed by atoms with E-state index in [9.17, 15) is 5.11 Å². The van der Waals surface area contributed by atoms with Crippen LogP contribution >= 0.6 is 0 Å². The highest BCUT2D eigenvalue weighted by Crippen LogP contribution is 2.21. The molecule has 1 aromatic rings. The monoisotopic (exact) mass is 263 g/mol. The Kier molecular flexibility index (Phi) is 5.37. The molecule has 0 spiro atoms. The van der Waals surface area contributed by atoms with Crippen LogP contribution in [0.4, 0.5) is 0 Å². The summed E-state index contributed by atoms with van der Waals surface area (Å²) in [6.45, 7) is 3.91. The van der Waals surface area contributed by atoms with Gasteiger partial charge >= 0.3 is 0 Å². The fourth-order valence-electron chi connectivity index (χ4n) is 2.58. The second kappa shape index (κ2) is 7.04. The number of benzene rings is 1. The van der Waals surface area contributed by atoms with E-state index in [0.717, 1.165) is 18.7 Å². The van der Waals surface area contributed by atoms with Crippen LogP contribution in [0.5, 0.6) is 0 Å². The molecule has 1 aliphatic carbocycles. The largest absolute Gasteiger partial charge is 0.384 e. The molecule has 0 heterocycles. The van der Waals surface area contributed by atoms with Gasteiger partial charge in [0.25, 0.3) is 0 Å². The molecule has 1 unspecified atom stereocenters.